The molecule has 0 radical (unpaired) electrons. The first kappa shape index (κ1) is 10.6. The van der Waals surface area contributed by atoms with Crippen LogP contribution in [0.2, 0.25) is 5.02 Å². The molecule has 14 heavy (non-hydrogen) atoms. The Bertz CT molecular complexity index is 361. The highest BCUT2D eigenvalue weighted by atomic mass is 35.5. The maximum Gasteiger partial charge on any atom is 0.323 e. The SMILES string of the molecule is CN(CC(=O)O)C(=O)c1cc(Cl)c[nH]1. The predicted molar refractivity (Wildman–Crippen MR) is 50.4 cm³/mol. The molecule has 1 rings (SSSR count). The average molecular weight is 217 g/mol. The van der Waals surface area contributed by atoms with Crippen LogP contribution >= 0.6 is 11.6 Å². The number of halogens is 1. The molecule has 0 unspecified atom stereocenters. The lowest BCUT2D eigenvalue weighted by Gasteiger charge is -2.12. The van der Waals surface area contributed by atoms with Crippen LogP contribution in [0.25, 0.3) is 0 Å². The van der Waals surface area contributed by atoms with Crippen LogP contribution in [0.1, 0.15) is 10.5 Å². The van der Waals surface area contributed by atoms with Crippen LogP contribution < -0.4 is 0 Å². The topological polar surface area (TPSA) is 73.4 Å². The lowest BCUT2D eigenvalue weighted by Crippen LogP contribution is -2.32. The summed E-state index contributed by atoms with van der Waals surface area (Å²) in [7, 11) is 1.41. The van der Waals surface area contributed by atoms with E-state index in [-0.39, 0.29) is 12.2 Å². The molecule has 1 aromatic heterocycles. The summed E-state index contributed by atoms with van der Waals surface area (Å²) in [4.78, 5) is 25.5. The van der Waals surface area contributed by atoms with E-state index >= 15 is 0 Å². The van der Waals surface area contributed by atoms with E-state index < -0.39 is 11.9 Å². The minimum atomic E-state index is -1.06. The standard InChI is InChI=1S/C8H9ClN2O3/c1-11(4-7(12)13)8(14)6-2-5(9)3-10-6/h2-3,10H,4H2,1H3,(H,12,13). The van der Waals surface area contributed by atoms with Crippen molar-refractivity contribution in [2.24, 2.45) is 0 Å². The summed E-state index contributed by atoms with van der Waals surface area (Å²) in [5.41, 5.74) is 0.277. The Morgan fingerprint density at radius 3 is 2.71 bits per heavy atom. The maximum absolute atomic E-state index is 11.5. The van der Waals surface area contributed by atoms with Crippen LogP contribution in [0.15, 0.2) is 12.3 Å². The third-order valence-corrected chi connectivity index (χ3v) is 1.82. The molecule has 2 N–H and O–H groups in total. The number of H-pyrrole nitrogens is 1. The Labute approximate surface area is 85.3 Å². The number of nitrogens with zero attached hydrogens (tertiary/aromatic N) is 1. The van der Waals surface area contributed by atoms with Crippen molar-refractivity contribution >= 4 is 23.5 Å². The highest BCUT2D eigenvalue weighted by molar-refractivity contribution is 6.30. The third-order valence-electron chi connectivity index (χ3n) is 1.60. The number of aromatic amines is 1. The maximum atomic E-state index is 11.5. The van der Waals surface area contributed by atoms with Crippen molar-refractivity contribution in [3.05, 3.63) is 23.0 Å². The van der Waals surface area contributed by atoms with Gasteiger partial charge in [0, 0.05) is 13.2 Å². The van der Waals surface area contributed by atoms with Crippen molar-refractivity contribution < 1.29 is 14.7 Å². The molecule has 0 aliphatic rings. The van der Waals surface area contributed by atoms with Gasteiger partial charge in [0.15, 0.2) is 0 Å². The number of nitrogens with one attached hydrogen (secondary N) is 1. The van der Waals surface area contributed by atoms with Crippen LogP contribution in [0.4, 0.5) is 0 Å². The molecule has 0 aromatic carbocycles. The summed E-state index contributed by atoms with van der Waals surface area (Å²) in [6.07, 6.45) is 1.46. The number of carbonyl (C=O) groups is 2. The van der Waals surface area contributed by atoms with Gasteiger partial charge >= 0.3 is 5.97 Å². The molecule has 0 aliphatic heterocycles. The molecule has 0 atom stereocenters. The number of carboxylic acid groups (broad SMARTS) is 1. The molecule has 0 fully saturated rings. The molecule has 6 heteroatoms. The van der Waals surface area contributed by atoms with Gasteiger partial charge in [-0.05, 0) is 6.07 Å². The molecule has 0 bridgehead atoms. The summed E-state index contributed by atoms with van der Waals surface area (Å²) in [6, 6.07) is 1.45. The molecule has 76 valence electrons. The summed E-state index contributed by atoms with van der Waals surface area (Å²) in [6.45, 7) is -0.338. The molecule has 0 aliphatic carbocycles. The molecule has 1 heterocycles. The Morgan fingerprint density at radius 1 is 1.64 bits per heavy atom. The zero-order chi connectivity index (χ0) is 10.7. The molecule has 1 amide bonds. The average Bonchev–Trinajstić information content (AvgIpc) is 2.49. The summed E-state index contributed by atoms with van der Waals surface area (Å²) < 4.78 is 0. The fourth-order valence-corrected chi connectivity index (χ4v) is 1.14. The molecular weight excluding hydrogens is 208 g/mol. The van der Waals surface area contributed by atoms with Gasteiger partial charge < -0.3 is 15.0 Å². The van der Waals surface area contributed by atoms with Crippen LogP contribution in [-0.2, 0) is 4.79 Å². The third kappa shape index (κ3) is 2.50. The van der Waals surface area contributed by atoms with Crippen LogP contribution in [-0.4, -0.2) is 40.5 Å². The minimum absolute atomic E-state index is 0.277. The normalized spacial score (nSPS) is 9.86. The smallest absolute Gasteiger partial charge is 0.323 e. The molecule has 5 nitrogen and oxygen atoms in total. The van der Waals surface area contributed by atoms with Gasteiger partial charge in [-0.1, -0.05) is 11.6 Å². The monoisotopic (exact) mass is 216 g/mol. The number of aliphatic carboxylic acids is 1. The van der Waals surface area contributed by atoms with Gasteiger partial charge in [0.1, 0.15) is 12.2 Å². The van der Waals surface area contributed by atoms with Gasteiger partial charge in [-0.3, -0.25) is 9.59 Å². The second kappa shape index (κ2) is 4.15. The number of aromatic nitrogens is 1. The van der Waals surface area contributed by atoms with Crippen LogP contribution in [0.5, 0.6) is 0 Å². The predicted octanol–water partition coefficient (Wildman–Crippen LogP) is 0.825. The zero-order valence-electron chi connectivity index (χ0n) is 7.45. The van der Waals surface area contributed by atoms with E-state index in [0.717, 1.165) is 4.90 Å². The van der Waals surface area contributed by atoms with Gasteiger partial charge in [0.2, 0.25) is 0 Å². The number of amides is 1. The number of hydrogen-bond donors (Lipinski definition) is 2. The van der Waals surface area contributed by atoms with Gasteiger partial charge in [-0.2, -0.15) is 0 Å². The Balaban J connectivity index is 2.70. The first-order valence-electron chi connectivity index (χ1n) is 3.82. The van der Waals surface area contributed by atoms with Crippen molar-refractivity contribution in [1.82, 2.24) is 9.88 Å². The number of rotatable bonds is 3. The van der Waals surface area contributed by atoms with Crippen LogP contribution in [0.3, 0.4) is 0 Å². The molecule has 1 aromatic rings. The van der Waals surface area contributed by atoms with E-state index in [0.29, 0.717) is 5.02 Å². The molecule has 0 saturated carbocycles. The van der Waals surface area contributed by atoms with E-state index in [4.69, 9.17) is 16.7 Å². The van der Waals surface area contributed by atoms with E-state index in [1.807, 2.05) is 0 Å². The lowest BCUT2D eigenvalue weighted by atomic mass is 10.4. The van der Waals surface area contributed by atoms with Gasteiger partial charge in [0.05, 0.1) is 5.02 Å². The van der Waals surface area contributed by atoms with E-state index in [1.54, 1.807) is 0 Å². The lowest BCUT2D eigenvalue weighted by molar-refractivity contribution is -0.137. The largest absolute Gasteiger partial charge is 0.480 e. The van der Waals surface area contributed by atoms with Crippen molar-refractivity contribution in [3.63, 3.8) is 0 Å². The van der Waals surface area contributed by atoms with Gasteiger partial charge in [0.25, 0.3) is 5.91 Å². The quantitative estimate of drug-likeness (QED) is 0.786. The Hall–Kier alpha value is -1.49. The first-order chi connectivity index (χ1) is 6.50. The number of carboxylic acids is 1. The second-order valence-electron chi connectivity index (χ2n) is 2.79. The summed E-state index contributed by atoms with van der Waals surface area (Å²) in [5.74, 6) is -1.46. The Morgan fingerprint density at radius 2 is 2.29 bits per heavy atom. The minimum Gasteiger partial charge on any atom is -0.480 e. The van der Waals surface area contributed by atoms with Gasteiger partial charge in [-0.25, -0.2) is 0 Å². The first-order valence-corrected chi connectivity index (χ1v) is 4.19. The highest BCUT2D eigenvalue weighted by Crippen LogP contribution is 2.10. The van der Waals surface area contributed by atoms with Crippen LogP contribution in [0, 0.1) is 0 Å². The highest BCUT2D eigenvalue weighted by Gasteiger charge is 2.15. The summed E-state index contributed by atoms with van der Waals surface area (Å²) in [5, 5.41) is 8.87. The van der Waals surface area contributed by atoms with Crippen molar-refractivity contribution in [2.45, 2.75) is 0 Å². The fraction of sp³-hybridized carbons (Fsp3) is 0.250. The fourth-order valence-electron chi connectivity index (χ4n) is 0.972. The number of hydrogen-bond acceptors (Lipinski definition) is 2. The number of likely N-dealkylation sites (N-methyl/N-ethyl adjacent to an activating group) is 1. The molecule has 0 spiro atoms. The van der Waals surface area contributed by atoms with Crippen molar-refractivity contribution in [2.75, 3.05) is 13.6 Å². The summed E-state index contributed by atoms with van der Waals surface area (Å²) >= 11 is 5.60. The Kier molecular flexibility index (Phi) is 3.14. The van der Waals surface area contributed by atoms with E-state index in [9.17, 15) is 9.59 Å². The molecular formula is C8H9ClN2O3. The van der Waals surface area contributed by atoms with Crippen molar-refractivity contribution in [1.29, 1.82) is 0 Å². The zero-order valence-corrected chi connectivity index (χ0v) is 8.21. The van der Waals surface area contributed by atoms with E-state index in [2.05, 4.69) is 4.98 Å². The molecule has 0 saturated heterocycles. The van der Waals surface area contributed by atoms with E-state index in [1.165, 1.54) is 19.3 Å². The number of carbonyl (C=O) groups excluding carboxylic acids is 1. The second-order valence-corrected chi connectivity index (χ2v) is 3.22. The van der Waals surface area contributed by atoms with Crippen molar-refractivity contribution in [3.8, 4) is 0 Å². The van der Waals surface area contributed by atoms with Gasteiger partial charge in [-0.15, -0.1) is 0 Å².